The molecule has 2 aromatic rings. The molecular formula is C15H16F2N4O3S. The minimum absolute atomic E-state index is 0.000359. The number of carbonyl (C=O) groups excluding carboxylic acids is 1. The smallest absolute Gasteiger partial charge is 0.387 e. The Hall–Kier alpha value is -2.62. The Morgan fingerprint density at radius 3 is 2.76 bits per heavy atom. The second-order valence-electron chi connectivity index (χ2n) is 4.86. The van der Waals surface area contributed by atoms with Gasteiger partial charge in [-0.2, -0.15) is 8.78 Å². The molecule has 134 valence electrons. The van der Waals surface area contributed by atoms with Gasteiger partial charge in [-0.1, -0.05) is 17.8 Å². The number of nitrogens with one attached hydrogen (secondary N) is 2. The third-order valence-corrected chi connectivity index (χ3v) is 4.12. The molecule has 0 saturated heterocycles. The van der Waals surface area contributed by atoms with Crippen molar-refractivity contribution in [3.8, 4) is 5.75 Å². The van der Waals surface area contributed by atoms with Crippen LogP contribution in [-0.2, 0) is 11.3 Å². The number of thioether (sulfide) groups is 1. The Morgan fingerprint density at radius 2 is 2.16 bits per heavy atom. The maximum absolute atomic E-state index is 12.2. The number of carbonyl (C=O) groups is 1. The summed E-state index contributed by atoms with van der Waals surface area (Å²) >= 11 is 1.11. The van der Waals surface area contributed by atoms with Crippen LogP contribution in [0.1, 0.15) is 6.92 Å². The van der Waals surface area contributed by atoms with Crippen LogP contribution in [0.4, 0.5) is 14.5 Å². The fourth-order valence-corrected chi connectivity index (χ4v) is 2.72. The van der Waals surface area contributed by atoms with E-state index in [9.17, 15) is 18.4 Å². The van der Waals surface area contributed by atoms with Crippen molar-refractivity contribution < 1.29 is 18.3 Å². The number of ether oxygens (including phenoxy) is 1. The number of amides is 1. The molecule has 25 heavy (non-hydrogen) atoms. The van der Waals surface area contributed by atoms with E-state index in [4.69, 9.17) is 0 Å². The van der Waals surface area contributed by atoms with Gasteiger partial charge in [-0.25, -0.2) is 9.89 Å². The van der Waals surface area contributed by atoms with Crippen LogP contribution in [0, 0.1) is 0 Å². The van der Waals surface area contributed by atoms with Gasteiger partial charge in [0.05, 0.1) is 5.25 Å². The highest BCUT2D eigenvalue weighted by Gasteiger charge is 2.19. The predicted octanol–water partition coefficient (Wildman–Crippen LogP) is 2.48. The molecule has 1 atom stereocenters. The molecule has 2 N–H and O–H groups in total. The van der Waals surface area contributed by atoms with E-state index in [1.165, 1.54) is 28.8 Å². The first-order valence-electron chi connectivity index (χ1n) is 7.19. The largest absolute Gasteiger partial charge is 0.435 e. The van der Waals surface area contributed by atoms with E-state index in [2.05, 4.69) is 26.8 Å². The minimum Gasteiger partial charge on any atom is -0.435 e. The maximum Gasteiger partial charge on any atom is 0.387 e. The van der Waals surface area contributed by atoms with Crippen molar-refractivity contribution in [1.29, 1.82) is 0 Å². The third kappa shape index (κ3) is 5.18. The van der Waals surface area contributed by atoms with Gasteiger partial charge in [-0.05, 0) is 31.2 Å². The fourth-order valence-electron chi connectivity index (χ4n) is 1.86. The van der Waals surface area contributed by atoms with Gasteiger partial charge in [0.2, 0.25) is 5.91 Å². The molecule has 0 aliphatic heterocycles. The monoisotopic (exact) mass is 370 g/mol. The van der Waals surface area contributed by atoms with Crippen LogP contribution in [-0.4, -0.2) is 32.5 Å². The number of alkyl halides is 2. The molecular weight excluding hydrogens is 354 g/mol. The normalized spacial score (nSPS) is 12.0. The van der Waals surface area contributed by atoms with Gasteiger partial charge in [0.25, 0.3) is 0 Å². The first-order valence-corrected chi connectivity index (χ1v) is 8.07. The van der Waals surface area contributed by atoms with Gasteiger partial charge in [0.1, 0.15) is 5.75 Å². The minimum atomic E-state index is -2.90. The number of hydrogen-bond donors (Lipinski definition) is 2. The Bertz CT molecular complexity index is 789. The van der Waals surface area contributed by atoms with Crippen molar-refractivity contribution in [2.45, 2.75) is 30.5 Å². The van der Waals surface area contributed by atoms with Crippen molar-refractivity contribution >= 4 is 23.4 Å². The van der Waals surface area contributed by atoms with Crippen LogP contribution >= 0.6 is 11.8 Å². The number of allylic oxidation sites excluding steroid dienone is 1. The summed E-state index contributed by atoms with van der Waals surface area (Å²) in [6.45, 7) is 2.60. The van der Waals surface area contributed by atoms with Crippen LogP contribution in [0.2, 0.25) is 0 Å². The Labute approximate surface area is 146 Å². The number of halogens is 2. The van der Waals surface area contributed by atoms with Gasteiger partial charge in [0.15, 0.2) is 5.16 Å². The number of aromatic amines is 1. The van der Waals surface area contributed by atoms with Gasteiger partial charge < -0.3 is 10.1 Å². The Morgan fingerprint density at radius 1 is 1.48 bits per heavy atom. The quantitative estimate of drug-likeness (QED) is 0.550. The molecule has 7 nitrogen and oxygen atoms in total. The van der Waals surface area contributed by atoms with Gasteiger partial charge in [-0.15, -0.1) is 11.7 Å². The van der Waals surface area contributed by atoms with Crippen LogP contribution < -0.4 is 15.7 Å². The number of nitrogens with zero attached hydrogens (tertiary/aromatic N) is 2. The molecule has 0 aliphatic rings. The van der Waals surface area contributed by atoms with E-state index in [-0.39, 0.29) is 23.9 Å². The number of anilines is 1. The molecule has 1 aromatic heterocycles. The van der Waals surface area contributed by atoms with E-state index in [0.29, 0.717) is 10.8 Å². The lowest BCUT2D eigenvalue weighted by Crippen LogP contribution is -2.23. The molecule has 0 radical (unpaired) electrons. The standard InChI is InChI=1S/C15H16F2N4O3S/c1-3-8-21-14(23)19-20-15(21)25-9(2)12(22)18-10-4-6-11(7-5-10)24-13(16)17/h3-7,9,13H,1,8H2,2H3,(H,18,22)(H,19,23). The molecule has 0 saturated carbocycles. The molecule has 1 aromatic carbocycles. The highest BCUT2D eigenvalue weighted by Crippen LogP contribution is 2.22. The van der Waals surface area contributed by atoms with Crippen molar-refractivity contribution in [3.05, 3.63) is 47.4 Å². The molecule has 1 amide bonds. The van der Waals surface area contributed by atoms with Gasteiger partial charge in [-0.3, -0.25) is 9.36 Å². The highest BCUT2D eigenvalue weighted by molar-refractivity contribution is 8.00. The zero-order chi connectivity index (χ0) is 18.4. The van der Waals surface area contributed by atoms with E-state index >= 15 is 0 Å². The lowest BCUT2D eigenvalue weighted by molar-refractivity contribution is -0.115. The number of hydrogen-bond acceptors (Lipinski definition) is 5. The zero-order valence-electron chi connectivity index (χ0n) is 13.2. The maximum atomic E-state index is 12.2. The van der Waals surface area contributed by atoms with Gasteiger partial charge >= 0.3 is 12.3 Å². The van der Waals surface area contributed by atoms with E-state index < -0.39 is 11.9 Å². The highest BCUT2D eigenvalue weighted by atomic mass is 32.2. The average Bonchev–Trinajstić information content (AvgIpc) is 2.90. The first kappa shape index (κ1) is 18.7. The fraction of sp³-hybridized carbons (Fsp3) is 0.267. The summed E-state index contributed by atoms with van der Waals surface area (Å²) in [7, 11) is 0. The van der Waals surface area contributed by atoms with Crippen molar-refractivity contribution in [1.82, 2.24) is 14.8 Å². The number of aromatic nitrogens is 3. The number of benzene rings is 1. The van der Waals surface area contributed by atoms with Crippen LogP contribution in [0.5, 0.6) is 5.75 Å². The Balaban J connectivity index is 1.98. The summed E-state index contributed by atoms with van der Waals surface area (Å²) in [6.07, 6.45) is 1.55. The van der Waals surface area contributed by atoms with E-state index in [1.54, 1.807) is 13.0 Å². The summed E-state index contributed by atoms with van der Waals surface area (Å²) in [5, 5.41) is 8.67. The van der Waals surface area contributed by atoms with E-state index in [0.717, 1.165) is 11.8 Å². The summed E-state index contributed by atoms with van der Waals surface area (Å²) in [4.78, 5) is 23.8. The summed E-state index contributed by atoms with van der Waals surface area (Å²) in [6, 6.07) is 5.56. The topological polar surface area (TPSA) is 89.0 Å². The number of rotatable bonds is 8. The molecule has 10 heteroatoms. The van der Waals surface area contributed by atoms with Crippen LogP contribution in [0.3, 0.4) is 0 Å². The van der Waals surface area contributed by atoms with Crippen molar-refractivity contribution in [3.63, 3.8) is 0 Å². The predicted molar refractivity (Wildman–Crippen MR) is 90.1 cm³/mol. The zero-order valence-corrected chi connectivity index (χ0v) is 14.1. The number of H-pyrrole nitrogens is 1. The summed E-state index contributed by atoms with van der Waals surface area (Å²) in [5.41, 5.74) is 0.0502. The SMILES string of the molecule is C=CCn1c(SC(C)C(=O)Nc2ccc(OC(F)F)cc2)n[nH]c1=O. The summed E-state index contributed by atoms with van der Waals surface area (Å²) < 4.78 is 29.8. The van der Waals surface area contributed by atoms with Crippen LogP contribution in [0.15, 0.2) is 46.9 Å². The first-order chi connectivity index (χ1) is 11.9. The van der Waals surface area contributed by atoms with Crippen LogP contribution in [0.25, 0.3) is 0 Å². The molecule has 2 rings (SSSR count). The Kier molecular flexibility index (Phi) is 6.34. The lowest BCUT2D eigenvalue weighted by Gasteiger charge is -2.12. The van der Waals surface area contributed by atoms with Crippen molar-refractivity contribution in [2.24, 2.45) is 0 Å². The molecule has 1 unspecified atom stereocenters. The molecule has 0 bridgehead atoms. The molecule has 0 aliphatic carbocycles. The average molecular weight is 370 g/mol. The van der Waals surface area contributed by atoms with E-state index in [1.807, 2.05) is 0 Å². The third-order valence-electron chi connectivity index (χ3n) is 3.03. The molecule has 0 fully saturated rings. The molecule has 1 heterocycles. The van der Waals surface area contributed by atoms with Gasteiger partial charge in [0, 0.05) is 12.2 Å². The lowest BCUT2D eigenvalue weighted by atomic mass is 10.3. The second kappa shape index (κ2) is 8.47. The molecule has 0 spiro atoms. The summed E-state index contributed by atoms with van der Waals surface area (Å²) in [5.74, 6) is -0.325. The second-order valence-corrected chi connectivity index (χ2v) is 6.17. The van der Waals surface area contributed by atoms with Crippen molar-refractivity contribution in [2.75, 3.05) is 5.32 Å².